The number of fused-ring (bicyclic) bond motifs is 2. The maximum Gasteiger partial charge on any atom is 0.287 e. The van der Waals surface area contributed by atoms with Gasteiger partial charge in [-0.15, -0.1) is 11.3 Å². The lowest BCUT2D eigenvalue weighted by molar-refractivity contribution is 0.0954. The van der Waals surface area contributed by atoms with Crippen molar-refractivity contribution in [2.24, 2.45) is 0 Å². The van der Waals surface area contributed by atoms with Gasteiger partial charge in [-0.25, -0.2) is 9.37 Å². The van der Waals surface area contributed by atoms with Crippen molar-refractivity contribution >= 4 is 22.9 Å². The molecule has 1 aromatic heterocycles. The average molecular weight is 347 g/mol. The van der Waals surface area contributed by atoms with Crippen LogP contribution in [-0.2, 0) is 19.4 Å². The van der Waals surface area contributed by atoms with Crippen molar-refractivity contribution in [1.29, 1.82) is 0 Å². The summed E-state index contributed by atoms with van der Waals surface area (Å²) >= 11 is 1.42. The molecule has 2 aliphatic heterocycles. The van der Waals surface area contributed by atoms with Crippen LogP contribution in [0.5, 0.6) is 0 Å². The van der Waals surface area contributed by atoms with Crippen LogP contribution < -0.4 is 4.90 Å². The normalized spacial score (nSPS) is 20.6. The Bertz CT molecular complexity index is 807. The summed E-state index contributed by atoms with van der Waals surface area (Å²) in [6, 6.07) is 4.34. The zero-order chi connectivity index (χ0) is 16.8. The number of carbonyl (C=O) groups is 1. The fourth-order valence-corrected chi connectivity index (χ4v) is 4.47. The van der Waals surface area contributed by atoms with Gasteiger partial charge in [0.15, 0.2) is 5.01 Å². The largest absolute Gasteiger partial charge is 0.391 e. The molecule has 5 nitrogen and oxygen atoms in total. The van der Waals surface area contributed by atoms with E-state index in [-0.39, 0.29) is 18.3 Å². The van der Waals surface area contributed by atoms with Crippen LogP contribution in [0, 0.1) is 5.82 Å². The van der Waals surface area contributed by atoms with Gasteiger partial charge in [0.1, 0.15) is 5.82 Å². The number of aliphatic hydroxyl groups excluding tert-OH is 1. The van der Waals surface area contributed by atoms with Crippen LogP contribution in [0.25, 0.3) is 0 Å². The molecule has 0 saturated heterocycles. The second-order valence-electron chi connectivity index (χ2n) is 6.42. The number of benzene rings is 1. The quantitative estimate of drug-likeness (QED) is 0.855. The first-order chi connectivity index (χ1) is 11.5. The number of halogens is 1. The molecule has 1 atom stereocenters. The SMILES string of the molecule is CN1CCc2nc(C(=O)N3CC(O)Cc4cc(F)ccc43)sc2C1. The topological polar surface area (TPSA) is 56.7 Å². The zero-order valence-electron chi connectivity index (χ0n) is 13.3. The number of hydrogen-bond acceptors (Lipinski definition) is 5. The second-order valence-corrected chi connectivity index (χ2v) is 7.51. The van der Waals surface area contributed by atoms with Crippen LogP contribution in [-0.4, -0.2) is 47.1 Å². The summed E-state index contributed by atoms with van der Waals surface area (Å²) in [6.07, 6.45) is 0.514. The molecule has 0 aliphatic carbocycles. The first-order valence-electron chi connectivity index (χ1n) is 7.97. The van der Waals surface area contributed by atoms with Crippen LogP contribution in [0.3, 0.4) is 0 Å². The van der Waals surface area contributed by atoms with Crippen LogP contribution in [0.15, 0.2) is 18.2 Å². The van der Waals surface area contributed by atoms with Crippen LogP contribution in [0.4, 0.5) is 10.1 Å². The number of aliphatic hydroxyl groups is 1. The fourth-order valence-electron chi connectivity index (χ4n) is 3.33. The summed E-state index contributed by atoms with van der Waals surface area (Å²) in [4.78, 5) is 22.3. The van der Waals surface area contributed by atoms with Crippen LogP contribution >= 0.6 is 11.3 Å². The number of nitrogens with zero attached hydrogens (tertiary/aromatic N) is 3. The third-order valence-corrected chi connectivity index (χ3v) is 5.60. The first-order valence-corrected chi connectivity index (χ1v) is 8.78. The molecule has 3 heterocycles. The van der Waals surface area contributed by atoms with E-state index in [0.29, 0.717) is 22.7 Å². The minimum absolute atomic E-state index is 0.210. The van der Waals surface area contributed by atoms with Gasteiger partial charge < -0.3 is 14.9 Å². The standard InChI is InChI=1S/C17H18FN3O2S/c1-20-5-4-13-15(9-20)24-16(19-13)17(23)21-8-12(22)7-10-6-11(18)2-3-14(10)21/h2-3,6,12,22H,4-5,7-9H2,1H3. The van der Waals surface area contributed by atoms with Gasteiger partial charge in [-0.2, -0.15) is 0 Å². The molecule has 1 amide bonds. The number of likely N-dealkylation sites (N-methyl/N-ethyl adjacent to an activating group) is 1. The van der Waals surface area contributed by atoms with E-state index in [0.717, 1.165) is 30.1 Å². The minimum Gasteiger partial charge on any atom is -0.391 e. The van der Waals surface area contributed by atoms with Gasteiger partial charge in [0, 0.05) is 36.5 Å². The Morgan fingerprint density at radius 3 is 3.12 bits per heavy atom. The summed E-state index contributed by atoms with van der Waals surface area (Å²) < 4.78 is 13.5. The predicted octanol–water partition coefficient (Wildman–Crippen LogP) is 1.83. The number of hydrogen-bond donors (Lipinski definition) is 1. The van der Waals surface area contributed by atoms with E-state index in [4.69, 9.17) is 0 Å². The minimum atomic E-state index is -0.691. The van der Waals surface area contributed by atoms with Crippen molar-refractivity contribution in [2.75, 3.05) is 25.0 Å². The Morgan fingerprint density at radius 2 is 2.29 bits per heavy atom. The lowest BCUT2D eigenvalue weighted by Crippen LogP contribution is -2.42. The number of carbonyl (C=O) groups excluding carboxylic acids is 1. The van der Waals surface area contributed by atoms with E-state index in [9.17, 15) is 14.3 Å². The number of aromatic nitrogens is 1. The van der Waals surface area contributed by atoms with E-state index in [1.165, 1.54) is 28.4 Å². The highest BCUT2D eigenvalue weighted by Gasteiger charge is 2.31. The molecule has 126 valence electrons. The Hall–Kier alpha value is -1.83. The second kappa shape index (κ2) is 5.91. The highest BCUT2D eigenvalue weighted by atomic mass is 32.1. The number of anilines is 1. The molecule has 0 bridgehead atoms. The third kappa shape index (κ3) is 2.72. The molecule has 0 radical (unpaired) electrons. The molecule has 24 heavy (non-hydrogen) atoms. The molecule has 7 heteroatoms. The molecule has 0 fully saturated rings. The Balaban J connectivity index is 1.68. The number of amides is 1. The highest BCUT2D eigenvalue weighted by molar-refractivity contribution is 7.13. The number of thiazole rings is 1. The Kier molecular flexibility index (Phi) is 3.86. The summed E-state index contributed by atoms with van der Waals surface area (Å²) in [5.74, 6) is -0.577. The van der Waals surface area contributed by atoms with Crippen LogP contribution in [0.2, 0.25) is 0 Å². The molecule has 2 aromatic rings. The van der Waals surface area contributed by atoms with Gasteiger partial charge in [0.25, 0.3) is 5.91 Å². The van der Waals surface area contributed by atoms with E-state index in [1.54, 1.807) is 6.07 Å². The summed E-state index contributed by atoms with van der Waals surface area (Å²) in [7, 11) is 2.05. The van der Waals surface area contributed by atoms with Crippen molar-refractivity contribution in [3.8, 4) is 0 Å². The molecule has 1 unspecified atom stereocenters. The van der Waals surface area contributed by atoms with E-state index < -0.39 is 6.10 Å². The van der Waals surface area contributed by atoms with Gasteiger partial charge in [0.2, 0.25) is 0 Å². The van der Waals surface area contributed by atoms with Crippen LogP contribution in [0.1, 0.15) is 25.9 Å². The smallest absolute Gasteiger partial charge is 0.287 e. The lowest BCUT2D eigenvalue weighted by Gasteiger charge is -2.31. The third-order valence-electron chi connectivity index (χ3n) is 4.53. The molecule has 1 aromatic carbocycles. The van der Waals surface area contributed by atoms with Gasteiger partial charge in [-0.3, -0.25) is 4.79 Å². The van der Waals surface area contributed by atoms with E-state index >= 15 is 0 Å². The maximum absolute atomic E-state index is 13.5. The monoisotopic (exact) mass is 347 g/mol. The molecule has 0 spiro atoms. The van der Waals surface area contributed by atoms with Crippen molar-refractivity contribution in [1.82, 2.24) is 9.88 Å². The summed E-state index contributed by atoms with van der Waals surface area (Å²) in [5.41, 5.74) is 2.32. The van der Waals surface area contributed by atoms with Gasteiger partial charge in [-0.05, 0) is 30.8 Å². The van der Waals surface area contributed by atoms with Crippen molar-refractivity contribution in [3.05, 3.63) is 45.2 Å². The first kappa shape index (κ1) is 15.7. The molecule has 2 aliphatic rings. The number of β-amino-alcohol motifs (C(OH)–C–C–N with tert-alkyl or cyclic N) is 1. The Morgan fingerprint density at radius 1 is 1.46 bits per heavy atom. The lowest BCUT2D eigenvalue weighted by atomic mass is 9.99. The van der Waals surface area contributed by atoms with E-state index in [1.807, 2.05) is 0 Å². The van der Waals surface area contributed by atoms with Gasteiger partial charge >= 0.3 is 0 Å². The highest BCUT2D eigenvalue weighted by Crippen LogP contribution is 2.31. The van der Waals surface area contributed by atoms with Crippen molar-refractivity contribution in [2.45, 2.75) is 25.5 Å². The van der Waals surface area contributed by atoms with Crippen molar-refractivity contribution in [3.63, 3.8) is 0 Å². The molecule has 0 saturated carbocycles. The van der Waals surface area contributed by atoms with Gasteiger partial charge in [0.05, 0.1) is 18.3 Å². The fraction of sp³-hybridized carbons (Fsp3) is 0.412. The predicted molar refractivity (Wildman–Crippen MR) is 89.9 cm³/mol. The van der Waals surface area contributed by atoms with E-state index in [2.05, 4.69) is 16.9 Å². The number of rotatable bonds is 1. The van der Waals surface area contributed by atoms with Gasteiger partial charge in [-0.1, -0.05) is 0 Å². The maximum atomic E-state index is 13.5. The molecule has 4 rings (SSSR count). The summed E-state index contributed by atoms with van der Waals surface area (Å²) in [6.45, 7) is 1.96. The zero-order valence-corrected chi connectivity index (χ0v) is 14.1. The van der Waals surface area contributed by atoms with Crippen molar-refractivity contribution < 1.29 is 14.3 Å². The molecular formula is C17H18FN3O2S. The Labute approximate surface area is 143 Å². The summed E-state index contributed by atoms with van der Waals surface area (Å²) in [5, 5.41) is 10.5. The average Bonchev–Trinajstić information content (AvgIpc) is 2.96. The molecular weight excluding hydrogens is 329 g/mol. The molecule has 1 N–H and O–H groups in total.